The van der Waals surface area contributed by atoms with Gasteiger partial charge in [0.15, 0.2) is 11.5 Å². The van der Waals surface area contributed by atoms with E-state index in [2.05, 4.69) is 0 Å². The van der Waals surface area contributed by atoms with Gasteiger partial charge in [-0.1, -0.05) is 6.92 Å². The molecule has 0 saturated heterocycles. The summed E-state index contributed by atoms with van der Waals surface area (Å²) in [5.41, 5.74) is 4.63. The van der Waals surface area contributed by atoms with Gasteiger partial charge in [-0.25, -0.2) is 0 Å². The second-order valence-electron chi connectivity index (χ2n) is 4.78. The van der Waals surface area contributed by atoms with Crippen LogP contribution >= 0.6 is 0 Å². The summed E-state index contributed by atoms with van der Waals surface area (Å²) in [6.45, 7) is 2.41. The largest absolute Gasteiger partial charge is 0.493 e. The molecule has 0 amide bonds. The highest BCUT2D eigenvalue weighted by Gasteiger charge is 2.31. The van der Waals surface area contributed by atoms with E-state index < -0.39 is 11.5 Å². The van der Waals surface area contributed by atoms with Gasteiger partial charge in [-0.15, -0.1) is 0 Å². The minimum atomic E-state index is -1.17. The molecule has 1 aromatic carbocycles. The van der Waals surface area contributed by atoms with E-state index in [1.165, 1.54) is 0 Å². The van der Waals surface area contributed by atoms with Gasteiger partial charge in [0.25, 0.3) is 0 Å². The standard InChI is InChI=1S/C14H19NO5/c1-2-14(15,13(16)17)6-3-7-18-10-4-5-11-12(8-10)20-9-19-11/h4-5,8H,2-3,6-7,9,15H2,1H3,(H,16,17). The number of hydrogen-bond donors (Lipinski definition) is 2. The summed E-state index contributed by atoms with van der Waals surface area (Å²) in [7, 11) is 0. The van der Waals surface area contributed by atoms with Crippen LogP contribution in [0.3, 0.4) is 0 Å². The SMILES string of the molecule is CCC(N)(CCCOc1ccc2c(c1)OCO2)C(=O)O. The molecule has 3 N–H and O–H groups in total. The topological polar surface area (TPSA) is 91.0 Å². The molecule has 2 rings (SSSR count). The van der Waals surface area contributed by atoms with Gasteiger partial charge in [0.1, 0.15) is 11.3 Å². The molecule has 1 aliphatic rings. The molecule has 1 atom stereocenters. The quantitative estimate of drug-likeness (QED) is 0.740. The molecule has 1 aromatic rings. The lowest BCUT2D eigenvalue weighted by atomic mass is 9.92. The van der Waals surface area contributed by atoms with Crippen LogP contribution in [-0.4, -0.2) is 30.0 Å². The molecule has 1 heterocycles. The molecule has 0 radical (unpaired) electrons. The molecular weight excluding hydrogens is 262 g/mol. The Balaban J connectivity index is 1.80. The van der Waals surface area contributed by atoms with Crippen molar-refractivity contribution in [3.63, 3.8) is 0 Å². The fourth-order valence-corrected chi connectivity index (χ4v) is 1.98. The summed E-state index contributed by atoms with van der Waals surface area (Å²) in [5, 5.41) is 9.06. The lowest BCUT2D eigenvalue weighted by molar-refractivity contribution is -0.143. The van der Waals surface area contributed by atoms with Crippen molar-refractivity contribution in [3.8, 4) is 17.2 Å². The number of carbonyl (C=O) groups is 1. The van der Waals surface area contributed by atoms with E-state index in [1.54, 1.807) is 25.1 Å². The second-order valence-corrected chi connectivity index (χ2v) is 4.78. The molecule has 0 saturated carbocycles. The van der Waals surface area contributed by atoms with Crippen molar-refractivity contribution >= 4 is 5.97 Å². The molecular formula is C14H19NO5. The summed E-state index contributed by atoms with van der Waals surface area (Å²) in [6, 6.07) is 5.34. The first-order valence-corrected chi connectivity index (χ1v) is 6.60. The summed E-state index contributed by atoms with van der Waals surface area (Å²) < 4.78 is 16.0. The zero-order valence-corrected chi connectivity index (χ0v) is 11.4. The van der Waals surface area contributed by atoms with E-state index in [4.69, 9.17) is 25.1 Å². The molecule has 0 aliphatic carbocycles. The van der Waals surface area contributed by atoms with Gasteiger partial charge < -0.3 is 25.1 Å². The van der Waals surface area contributed by atoms with Gasteiger partial charge >= 0.3 is 5.97 Å². The Labute approximate surface area is 117 Å². The number of benzene rings is 1. The Morgan fingerprint density at radius 2 is 2.20 bits per heavy atom. The third kappa shape index (κ3) is 3.14. The molecule has 0 bridgehead atoms. The average molecular weight is 281 g/mol. The van der Waals surface area contributed by atoms with Gasteiger partial charge in [0.2, 0.25) is 6.79 Å². The molecule has 0 spiro atoms. The molecule has 6 nitrogen and oxygen atoms in total. The van der Waals surface area contributed by atoms with E-state index in [0.29, 0.717) is 43.1 Å². The van der Waals surface area contributed by atoms with Crippen LogP contribution in [0.4, 0.5) is 0 Å². The highest BCUT2D eigenvalue weighted by molar-refractivity contribution is 5.78. The molecule has 0 fully saturated rings. The number of carboxylic acids is 1. The maximum absolute atomic E-state index is 11.0. The van der Waals surface area contributed by atoms with Gasteiger partial charge in [-0.05, 0) is 31.4 Å². The van der Waals surface area contributed by atoms with Gasteiger partial charge in [-0.3, -0.25) is 4.79 Å². The minimum absolute atomic E-state index is 0.226. The second kappa shape index (κ2) is 6.00. The van der Waals surface area contributed by atoms with Crippen molar-refractivity contribution in [2.45, 2.75) is 31.7 Å². The van der Waals surface area contributed by atoms with Crippen LogP contribution in [0.5, 0.6) is 17.2 Å². The first kappa shape index (κ1) is 14.5. The van der Waals surface area contributed by atoms with Gasteiger partial charge in [0, 0.05) is 6.07 Å². The van der Waals surface area contributed by atoms with Crippen molar-refractivity contribution in [2.24, 2.45) is 5.73 Å². The Morgan fingerprint density at radius 1 is 1.45 bits per heavy atom. The maximum atomic E-state index is 11.0. The minimum Gasteiger partial charge on any atom is -0.493 e. The van der Waals surface area contributed by atoms with Crippen LogP contribution < -0.4 is 19.9 Å². The molecule has 110 valence electrons. The van der Waals surface area contributed by atoms with Crippen LogP contribution in [0.1, 0.15) is 26.2 Å². The van der Waals surface area contributed by atoms with Crippen molar-refractivity contribution < 1.29 is 24.1 Å². The zero-order chi connectivity index (χ0) is 14.6. The van der Waals surface area contributed by atoms with E-state index in [0.717, 1.165) is 0 Å². The number of rotatable bonds is 7. The average Bonchev–Trinajstić information content (AvgIpc) is 2.90. The first-order valence-electron chi connectivity index (χ1n) is 6.60. The fraction of sp³-hybridized carbons (Fsp3) is 0.500. The fourth-order valence-electron chi connectivity index (χ4n) is 1.98. The van der Waals surface area contributed by atoms with Crippen molar-refractivity contribution in [1.82, 2.24) is 0 Å². The van der Waals surface area contributed by atoms with E-state index in [1.807, 2.05) is 0 Å². The normalized spacial score (nSPS) is 15.7. The maximum Gasteiger partial charge on any atom is 0.323 e. The monoisotopic (exact) mass is 281 g/mol. The van der Waals surface area contributed by atoms with E-state index >= 15 is 0 Å². The number of hydrogen-bond acceptors (Lipinski definition) is 5. The molecule has 0 aromatic heterocycles. The third-order valence-corrected chi connectivity index (χ3v) is 3.44. The predicted molar refractivity (Wildman–Crippen MR) is 72.1 cm³/mol. The van der Waals surface area contributed by atoms with E-state index in [-0.39, 0.29) is 6.79 Å². The van der Waals surface area contributed by atoms with Crippen LogP contribution in [0.2, 0.25) is 0 Å². The molecule has 20 heavy (non-hydrogen) atoms. The van der Waals surface area contributed by atoms with E-state index in [9.17, 15) is 4.79 Å². The number of ether oxygens (including phenoxy) is 3. The molecule has 1 unspecified atom stereocenters. The summed E-state index contributed by atoms with van der Waals surface area (Å²) >= 11 is 0. The van der Waals surface area contributed by atoms with Gasteiger partial charge in [-0.2, -0.15) is 0 Å². The Bertz CT molecular complexity index is 490. The van der Waals surface area contributed by atoms with Crippen molar-refractivity contribution in [2.75, 3.05) is 13.4 Å². The molecule has 1 aliphatic heterocycles. The number of fused-ring (bicyclic) bond motifs is 1. The zero-order valence-electron chi connectivity index (χ0n) is 11.4. The Hall–Kier alpha value is -1.95. The third-order valence-electron chi connectivity index (χ3n) is 3.44. The van der Waals surface area contributed by atoms with Gasteiger partial charge in [0.05, 0.1) is 6.61 Å². The smallest absolute Gasteiger partial charge is 0.323 e. The lowest BCUT2D eigenvalue weighted by Gasteiger charge is -2.22. The number of nitrogens with two attached hydrogens (primary N) is 1. The first-order chi connectivity index (χ1) is 9.55. The summed E-state index contributed by atoms with van der Waals surface area (Å²) in [4.78, 5) is 11.0. The van der Waals surface area contributed by atoms with Crippen molar-refractivity contribution in [1.29, 1.82) is 0 Å². The van der Waals surface area contributed by atoms with Crippen LogP contribution in [0, 0.1) is 0 Å². The number of aliphatic carboxylic acids is 1. The highest BCUT2D eigenvalue weighted by atomic mass is 16.7. The predicted octanol–water partition coefficient (Wildman–Crippen LogP) is 1.77. The highest BCUT2D eigenvalue weighted by Crippen LogP contribution is 2.35. The summed E-state index contributed by atoms with van der Waals surface area (Å²) in [5.74, 6) is 1.07. The summed E-state index contributed by atoms with van der Waals surface area (Å²) in [6.07, 6.45) is 1.35. The lowest BCUT2D eigenvalue weighted by Crippen LogP contribution is -2.47. The van der Waals surface area contributed by atoms with Crippen LogP contribution in [0.25, 0.3) is 0 Å². The Morgan fingerprint density at radius 3 is 2.90 bits per heavy atom. The van der Waals surface area contributed by atoms with Crippen LogP contribution in [0.15, 0.2) is 18.2 Å². The van der Waals surface area contributed by atoms with Crippen LogP contribution in [-0.2, 0) is 4.79 Å². The van der Waals surface area contributed by atoms with Crippen molar-refractivity contribution in [3.05, 3.63) is 18.2 Å². The molecule has 6 heteroatoms. The number of carboxylic acid groups (broad SMARTS) is 1. The Kier molecular flexibility index (Phi) is 4.34.